The third-order valence-electron chi connectivity index (χ3n) is 4.40. The van der Waals surface area contributed by atoms with Crippen LogP contribution < -0.4 is 11.1 Å². The standard InChI is InChI=1S/C21H20N4/c1-3-23-15-9-10-18-20(12-15)25(16-7-5-4-6-8-16)21-13-17(22)14(2)11-19(21)24-18/h4-13H,3,22H2,1-2H3/b23-15+. The Bertz CT molecular complexity index is 1090. The first kappa shape index (κ1) is 15.4. The van der Waals surface area contributed by atoms with E-state index in [1.807, 2.05) is 56.3 Å². The highest BCUT2D eigenvalue weighted by atomic mass is 15.0. The molecule has 124 valence electrons. The molecule has 2 aromatic rings. The van der Waals surface area contributed by atoms with E-state index in [4.69, 9.17) is 10.7 Å². The fourth-order valence-corrected chi connectivity index (χ4v) is 3.15. The molecule has 0 radical (unpaired) electrons. The minimum Gasteiger partial charge on any atom is -0.398 e. The molecular formula is C21H20N4. The third-order valence-corrected chi connectivity index (χ3v) is 4.40. The summed E-state index contributed by atoms with van der Waals surface area (Å²) in [5, 5.41) is 0.959. The summed E-state index contributed by atoms with van der Waals surface area (Å²) >= 11 is 0. The van der Waals surface area contributed by atoms with Crippen molar-refractivity contribution in [1.29, 1.82) is 0 Å². The van der Waals surface area contributed by atoms with Crippen LogP contribution in [0.1, 0.15) is 12.5 Å². The average Bonchev–Trinajstić information content (AvgIpc) is 2.62. The number of nitrogen functional groups attached to an aromatic ring is 1. The molecule has 0 amide bonds. The normalized spacial score (nSPS) is 12.2. The van der Waals surface area contributed by atoms with E-state index in [1.54, 1.807) is 0 Å². The van der Waals surface area contributed by atoms with Crippen LogP contribution in [-0.2, 0) is 0 Å². The first-order chi connectivity index (χ1) is 12.2. The van der Waals surface area contributed by atoms with Crippen molar-refractivity contribution >= 4 is 16.7 Å². The maximum atomic E-state index is 6.19. The summed E-state index contributed by atoms with van der Waals surface area (Å²) in [6.07, 6.45) is 0. The summed E-state index contributed by atoms with van der Waals surface area (Å²) < 4.78 is 2.21. The van der Waals surface area contributed by atoms with Gasteiger partial charge in [-0.15, -0.1) is 0 Å². The maximum Gasteiger partial charge on any atom is 0.0882 e. The van der Waals surface area contributed by atoms with Crippen molar-refractivity contribution < 1.29 is 0 Å². The Hall–Kier alpha value is -3.14. The second-order valence-electron chi connectivity index (χ2n) is 6.13. The van der Waals surface area contributed by atoms with Crippen LogP contribution in [0.2, 0.25) is 0 Å². The van der Waals surface area contributed by atoms with Crippen molar-refractivity contribution in [2.75, 3.05) is 12.3 Å². The smallest absolute Gasteiger partial charge is 0.0882 e. The van der Waals surface area contributed by atoms with E-state index in [1.165, 1.54) is 0 Å². The fraction of sp³-hybridized carbons (Fsp3) is 0.143. The van der Waals surface area contributed by atoms with E-state index < -0.39 is 0 Å². The highest BCUT2D eigenvalue weighted by Crippen LogP contribution is 2.30. The lowest BCUT2D eigenvalue weighted by molar-refractivity contribution is 1.04. The zero-order chi connectivity index (χ0) is 17.4. The Kier molecular flexibility index (Phi) is 3.73. The molecule has 0 unspecified atom stereocenters. The molecule has 1 heterocycles. The van der Waals surface area contributed by atoms with Gasteiger partial charge in [0.05, 0.1) is 27.8 Å². The Balaban J connectivity index is 2.20. The van der Waals surface area contributed by atoms with E-state index in [9.17, 15) is 0 Å². The maximum absolute atomic E-state index is 6.19. The molecule has 4 rings (SSSR count). The van der Waals surface area contributed by atoms with Crippen molar-refractivity contribution in [1.82, 2.24) is 9.55 Å². The SMILES string of the molecule is CC/N=c1\ccc2nc3cc(C)c(N)cc3n(-c3ccccc3)c-2c1. The van der Waals surface area contributed by atoms with Gasteiger partial charge in [0.1, 0.15) is 0 Å². The molecule has 0 fully saturated rings. The number of benzene rings is 3. The quantitative estimate of drug-likeness (QED) is 0.447. The molecule has 2 aliphatic rings. The van der Waals surface area contributed by atoms with Gasteiger partial charge < -0.3 is 10.3 Å². The zero-order valence-electron chi connectivity index (χ0n) is 14.4. The first-order valence-electron chi connectivity index (χ1n) is 8.46. The molecule has 2 N–H and O–H groups in total. The van der Waals surface area contributed by atoms with Crippen LogP contribution in [0, 0.1) is 6.92 Å². The number of hydrogen-bond donors (Lipinski definition) is 1. The van der Waals surface area contributed by atoms with E-state index in [0.29, 0.717) is 0 Å². The second kappa shape index (κ2) is 6.06. The van der Waals surface area contributed by atoms with Gasteiger partial charge >= 0.3 is 0 Å². The number of aryl methyl sites for hydroxylation is 1. The molecule has 0 aromatic heterocycles. The van der Waals surface area contributed by atoms with Crippen LogP contribution in [0.15, 0.2) is 65.7 Å². The van der Waals surface area contributed by atoms with Crippen molar-refractivity contribution in [3.63, 3.8) is 0 Å². The monoisotopic (exact) mass is 328 g/mol. The topological polar surface area (TPSA) is 56.2 Å². The first-order valence-corrected chi connectivity index (χ1v) is 8.46. The minimum absolute atomic E-state index is 0.754. The molecule has 2 aromatic carbocycles. The molecule has 1 aliphatic heterocycles. The van der Waals surface area contributed by atoms with Gasteiger partial charge in [0.25, 0.3) is 0 Å². The van der Waals surface area contributed by atoms with Gasteiger partial charge in [0, 0.05) is 17.9 Å². The predicted molar refractivity (Wildman–Crippen MR) is 103 cm³/mol. The molecule has 1 aliphatic carbocycles. The fourth-order valence-electron chi connectivity index (χ4n) is 3.15. The molecule has 0 atom stereocenters. The van der Waals surface area contributed by atoms with Crippen LogP contribution in [0.5, 0.6) is 0 Å². The molecule has 4 nitrogen and oxygen atoms in total. The largest absolute Gasteiger partial charge is 0.398 e. The van der Waals surface area contributed by atoms with Gasteiger partial charge in [-0.05, 0) is 61.9 Å². The second-order valence-corrected chi connectivity index (χ2v) is 6.13. The third kappa shape index (κ3) is 2.66. The summed E-state index contributed by atoms with van der Waals surface area (Å²) in [5.41, 5.74) is 13.0. The zero-order valence-corrected chi connectivity index (χ0v) is 14.4. The van der Waals surface area contributed by atoms with Gasteiger partial charge in [-0.25, -0.2) is 4.98 Å². The van der Waals surface area contributed by atoms with Gasteiger partial charge in [0.2, 0.25) is 0 Å². The number of nitrogens with zero attached hydrogens (tertiary/aromatic N) is 3. The van der Waals surface area contributed by atoms with Gasteiger partial charge in [-0.2, -0.15) is 0 Å². The predicted octanol–water partition coefficient (Wildman–Crippen LogP) is 3.94. The van der Waals surface area contributed by atoms with Gasteiger partial charge in [-0.1, -0.05) is 18.2 Å². The van der Waals surface area contributed by atoms with Crippen molar-refractivity contribution in [2.45, 2.75) is 13.8 Å². The van der Waals surface area contributed by atoms with E-state index in [0.717, 1.165) is 51.3 Å². The number of rotatable bonds is 2. The molecule has 4 heteroatoms. The van der Waals surface area contributed by atoms with Crippen LogP contribution in [0.4, 0.5) is 5.69 Å². The lowest BCUT2D eigenvalue weighted by Crippen LogP contribution is -2.11. The molecule has 0 bridgehead atoms. The van der Waals surface area contributed by atoms with Crippen LogP contribution in [-0.4, -0.2) is 16.1 Å². The number of anilines is 1. The van der Waals surface area contributed by atoms with Crippen molar-refractivity contribution in [2.24, 2.45) is 4.99 Å². The van der Waals surface area contributed by atoms with Crippen LogP contribution in [0.3, 0.4) is 0 Å². The van der Waals surface area contributed by atoms with E-state index >= 15 is 0 Å². The van der Waals surface area contributed by atoms with Crippen molar-refractivity contribution in [3.05, 3.63) is 71.6 Å². The number of fused-ring (bicyclic) bond motifs is 2. The highest BCUT2D eigenvalue weighted by molar-refractivity contribution is 5.86. The Labute approximate surface area is 146 Å². The van der Waals surface area contributed by atoms with Crippen LogP contribution >= 0.6 is 0 Å². The summed E-state index contributed by atoms with van der Waals surface area (Å²) in [6, 6.07) is 20.5. The van der Waals surface area contributed by atoms with E-state index in [-0.39, 0.29) is 0 Å². The number of hydrogen-bond acceptors (Lipinski definition) is 3. The number of aromatic nitrogens is 2. The van der Waals surface area contributed by atoms with Gasteiger partial charge in [0.15, 0.2) is 0 Å². The lowest BCUT2D eigenvalue weighted by Gasteiger charge is -2.19. The Morgan fingerprint density at radius 2 is 1.84 bits per heavy atom. The molecular weight excluding hydrogens is 308 g/mol. The molecule has 0 saturated heterocycles. The van der Waals surface area contributed by atoms with Gasteiger partial charge in [-0.3, -0.25) is 4.99 Å². The minimum atomic E-state index is 0.754. The summed E-state index contributed by atoms with van der Waals surface area (Å²) in [4.78, 5) is 9.39. The lowest BCUT2D eigenvalue weighted by atomic mass is 10.1. The van der Waals surface area contributed by atoms with Crippen LogP contribution in [0.25, 0.3) is 28.1 Å². The average molecular weight is 328 g/mol. The molecule has 0 saturated carbocycles. The highest BCUT2D eigenvalue weighted by Gasteiger charge is 2.15. The summed E-state index contributed by atoms with van der Waals surface area (Å²) in [5.74, 6) is 0. The summed E-state index contributed by atoms with van der Waals surface area (Å²) in [6.45, 7) is 4.80. The van der Waals surface area contributed by atoms with Crippen molar-refractivity contribution in [3.8, 4) is 17.1 Å². The Morgan fingerprint density at radius 3 is 2.60 bits per heavy atom. The van der Waals surface area contributed by atoms with E-state index in [2.05, 4.69) is 27.8 Å². The number of nitrogens with two attached hydrogens (primary N) is 1. The Morgan fingerprint density at radius 1 is 1.04 bits per heavy atom. The number of para-hydroxylation sites is 1. The molecule has 0 spiro atoms. The summed E-state index contributed by atoms with van der Waals surface area (Å²) in [7, 11) is 0. The molecule has 25 heavy (non-hydrogen) atoms.